The standard InChI is InChI=1S/C17H15N5O2/c1-24-17(23)11-2-3-15-13(6-11)16(21-10-20-15)22-5-4-14-12(8-22)7-18-9-19-14/h2-3,6-7,9-10H,4-5,8H2,1H3. The van der Waals surface area contributed by atoms with Crippen molar-refractivity contribution in [2.75, 3.05) is 18.6 Å². The number of fused-ring (bicyclic) bond motifs is 2. The van der Waals surface area contributed by atoms with E-state index in [2.05, 4.69) is 24.8 Å². The molecule has 0 unspecified atom stereocenters. The maximum Gasteiger partial charge on any atom is 0.337 e. The molecule has 0 radical (unpaired) electrons. The smallest absolute Gasteiger partial charge is 0.337 e. The average Bonchev–Trinajstić information content (AvgIpc) is 2.66. The summed E-state index contributed by atoms with van der Waals surface area (Å²) in [6.07, 6.45) is 5.81. The Kier molecular flexibility index (Phi) is 3.53. The third-order valence-electron chi connectivity index (χ3n) is 4.20. The fourth-order valence-electron chi connectivity index (χ4n) is 2.99. The monoisotopic (exact) mass is 321 g/mol. The molecule has 1 aromatic carbocycles. The van der Waals surface area contributed by atoms with E-state index in [1.165, 1.54) is 7.11 Å². The van der Waals surface area contributed by atoms with Gasteiger partial charge in [0.25, 0.3) is 0 Å². The van der Waals surface area contributed by atoms with E-state index in [0.29, 0.717) is 12.1 Å². The van der Waals surface area contributed by atoms with Crippen molar-refractivity contribution in [3.05, 3.63) is 53.9 Å². The molecule has 0 saturated heterocycles. The van der Waals surface area contributed by atoms with Crippen molar-refractivity contribution in [3.63, 3.8) is 0 Å². The van der Waals surface area contributed by atoms with Crippen molar-refractivity contribution in [1.29, 1.82) is 0 Å². The second-order valence-electron chi connectivity index (χ2n) is 5.59. The van der Waals surface area contributed by atoms with Crippen molar-refractivity contribution < 1.29 is 9.53 Å². The van der Waals surface area contributed by atoms with Gasteiger partial charge in [0.15, 0.2) is 0 Å². The van der Waals surface area contributed by atoms with Crippen LogP contribution in [0.25, 0.3) is 10.9 Å². The number of anilines is 1. The zero-order chi connectivity index (χ0) is 16.5. The van der Waals surface area contributed by atoms with Gasteiger partial charge in [-0.2, -0.15) is 0 Å². The molecule has 1 aliphatic rings. The van der Waals surface area contributed by atoms with Crippen molar-refractivity contribution in [2.24, 2.45) is 0 Å². The molecule has 0 amide bonds. The van der Waals surface area contributed by atoms with Gasteiger partial charge < -0.3 is 9.64 Å². The third kappa shape index (κ3) is 2.44. The maximum atomic E-state index is 11.8. The Morgan fingerprint density at radius 3 is 3.00 bits per heavy atom. The zero-order valence-electron chi connectivity index (χ0n) is 13.1. The van der Waals surface area contributed by atoms with Crippen LogP contribution in [-0.4, -0.2) is 39.6 Å². The van der Waals surface area contributed by atoms with Crippen LogP contribution in [0.2, 0.25) is 0 Å². The highest BCUT2D eigenvalue weighted by Gasteiger charge is 2.21. The summed E-state index contributed by atoms with van der Waals surface area (Å²) in [5.41, 5.74) is 3.46. The lowest BCUT2D eigenvalue weighted by molar-refractivity contribution is 0.0601. The molecule has 0 spiro atoms. The Balaban J connectivity index is 1.78. The zero-order valence-corrected chi connectivity index (χ0v) is 13.1. The van der Waals surface area contributed by atoms with Gasteiger partial charge in [0.2, 0.25) is 0 Å². The van der Waals surface area contributed by atoms with Crippen molar-refractivity contribution in [1.82, 2.24) is 19.9 Å². The van der Waals surface area contributed by atoms with Gasteiger partial charge in [0.05, 0.1) is 23.9 Å². The molecule has 3 heterocycles. The summed E-state index contributed by atoms with van der Waals surface area (Å²) in [6, 6.07) is 5.31. The molecule has 0 aliphatic carbocycles. The molecule has 2 aromatic heterocycles. The summed E-state index contributed by atoms with van der Waals surface area (Å²) in [5, 5.41) is 0.834. The highest BCUT2D eigenvalue weighted by molar-refractivity contribution is 5.98. The van der Waals surface area contributed by atoms with Gasteiger partial charge in [-0.15, -0.1) is 0 Å². The molecular formula is C17H15N5O2. The van der Waals surface area contributed by atoms with Gasteiger partial charge in [-0.25, -0.2) is 24.7 Å². The number of nitrogens with zero attached hydrogens (tertiary/aromatic N) is 5. The van der Waals surface area contributed by atoms with Gasteiger partial charge in [-0.05, 0) is 18.2 Å². The molecule has 3 aromatic rings. The van der Waals surface area contributed by atoms with Crippen LogP contribution < -0.4 is 4.90 Å². The van der Waals surface area contributed by atoms with Crippen LogP contribution in [-0.2, 0) is 17.7 Å². The highest BCUT2D eigenvalue weighted by Crippen LogP contribution is 2.28. The lowest BCUT2D eigenvalue weighted by atomic mass is 10.1. The summed E-state index contributed by atoms with van der Waals surface area (Å²) in [4.78, 5) is 31.2. The average molecular weight is 321 g/mol. The summed E-state index contributed by atoms with van der Waals surface area (Å²) in [6.45, 7) is 1.49. The summed E-state index contributed by atoms with van der Waals surface area (Å²) in [7, 11) is 1.37. The van der Waals surface area contributed by atoms with Crippen LogP contribution in [0, 0.1) is 0 Å². The minimum absolute atomic E-state index is 0.371. The van der Waals surface area contributed by atoms with Gasteiger partial charge in [0.1, 0.15) is 18.5 Å². The third-order valence-corrected chi connectivity index (χ3v) is 4.20. The molecule has 0 bridgehead atoms. The first-order valence-corrected chi connectivity index (χ1v) is 7.62. The molecule has 0 saturated carbocycles. The number of hydrogen-bond donors (Lipinski definition) is 0. The fraction of sp³-hybridized carbons (Fsp3) is 0.235. The quantitative estimate of drug-likeness (QED) is 0.665. The van der Waals surface area contributed by atoms with Crippen LogP contribution in [0.1, 0.15) is 21.6 Å². The molecule has 0 fully saturated rings. The second-order valence-corrected chi connectivity index (χ2v) is 5.59. The number of ether oxygens (including phenoxy) is 1. The van der Waals surface area contributed by atoms with Crippen LogP contribution in [0.3, 0.4) is 0 Å². The normalized spacial score (nSPS) is 13.6. The summed E-state index contributed by atoms with van der Waals surface area (Å²) < 4.78 is 4.81. The number of hydrogen-bond acceptors (Lipinski definition) is 7. The van der Waals surface area contributed by atoms with E-state index in [1.54, 1.807) is 24.8 Å². The van der Waals surface area contributed by atoms with E-state index < -0.39 is 0 Å². The number of carbonyl (C=O) groups excluding carboxylic acids is 1. The fourth-order valence-corrected chi connectivity index (χ4v) is 2.99. The van der Waals surface area contributed by atoms with Crippen LogP contribution in [0.5, 0.6) is 0 Å². The Bertz CT molecular complexity index is 928. The Hall–Kier alpha value is -3.09. The van der Waals surface area contributed by atoms with E-state index in [9.17, 15) is 4.79 Å². The first-order valence-electron chi connectivity index (χ1n) is 7.62. The number of esters is 1. The van der Waals surface area contributed by atoms with Crippen molar-refractivity contribution in [3.8, 4) is 0 Å². The Morgan fingerprint density at radius 2 is 2.12 bits per heavy atom. The molecule has 7 nitrogen and oxygen atoms in total. The Morgan fingerprint density at radius 1 is 1.21 bits per heavy atom. The van der Waals surface area contributed by atoms with Crippen LogP contribution >= 0.6 is 0 Å². The number of aromatic nitrogens is 4. The van der Waals surface area contributed by atoms with E-state index in [1.807, 2.05) is 12.3 Å². The number of methoxy groups -OCH3 is 1. The van der Waals surface area contributed by atoms with E-state index >= 15 is 0 Å². The minimum Gasteiger partial charge on any atom is -0.465 e. The number of rotatable bonds is 2. The predicted octanol–water partition coefficient (Wildman–Crippen LogP) is 1.77. The van der Waals surface area contributed by atoms with E-state index in [4.69, 9.17) is 4.74 Å². The Labute approximate surface area is 138 Å². The van der Waals surface area contributed by atoms with E-state index in [-0.39, 0.29) is 5.97 Å². The van der Waals surface area contributed by atoms with Crippen molar-refractivity contribution >= 4 is 22.7 Å². The second kappa shape index (κ2) is 5.84. The molecule has 7 heteroatoms. The number of carbonyl (C=O) groups is 1. The van der Waals surface area contributed by atoms with Gasteiger partial charge in [-0.1, -0.05) is 0 Å². The summed E-state index contributed by atoms with van der Waals surface area (Å²) in [5.74, 6) is 0.435. The number of benzene rings is 1. The molecule has 4 rings (SSSR count). The molecule has 1 aliphatic heterocycles. The first kappa shape index (κ1) is 14.5. The van der Waals surface area contributed by atoms with E-state index in [0.717, 1.165) is 40.9 Å². The molecule has 0 atom stereocenters. The van der Waals surface area contributed by atoms with Gasteiger partial charge >= 0.3 is 5.97 Å². The van der Waals surface area contributed by atoms with Gasteiger partial charge in [-0.3, -0.25) is 0 Å². The largest absolute Gasteiger partial charge is 0.465 e. The topological polar surface area (TPSA) is 81.1 Å². The SMILES string of the molecule is COC(=O)c1ccc2ncnc(N3CCc4ncncc4C3)c2c1. The predicted molar refractivity (Wildman–Crippen MR) is 87.7 cm³/mol. The lowest BCUT2D eigenvalue weighted by Gasteiger charge is -2.29. The molecule has 120 valence electrons. The maximum absolute atomic E-state index is 11.8. The molecule has 0 N–H and O–H groups in total. The van der Waals surface area contributed by atoms with Crippen molar-refractivity contribution in [2.45, 2.75) is 13.0 Å². The molecular weight excluding hydrogens is 306 g/mol. The lowest BCUT2D eigenvalue weighted by Crippen LogP contribution is -2.32. The van der Waals surface area contributed by atoms with Crippen LogP contribution in [0.4, 0.5) is 5.82 Å². The first-order chi connectivity index (χ1) is 11.8. The minimum atomic E-state index is -0.371. The van der Waals surface area contributed by atoms with Crippen LogP contribution in [0.15, 0.2) is 37.1 Å². The summed E-state index contributed by atoms with van der Waals surface area (Å²) >= 11 is 0. The van der Waals surface area contributed by atoms with Gasteiger partial charge in [0, 0.05) is 36.7 Å². The highest BCUT2D eigenvalue weighted by atomic mass is 16.5. The molecule has 24 heavy (non-hydrogen) atoms.